The smallest absolute Gasteiger partial charge is 0.236 e. The fourth-order valence-corrected chi connectivity index (χ4v) is 5.44. The van der Waals surface area contributed by atoms with E-state index in [1.807, 2.05) is 28.4 Å². The van der Waals surface area contributed by atoms with Gasteiger partial charge in [-0.1, -0.05) is 12.1 Å². The highest BCUT2D eigenvalue weighted by Gasteiger charge is 2.27. The van der Waals surface area contributed by atoms with Gasteiger partial charge in [0.05, 0.1) is 21.8 Å². The molecule has 2 saturated heterocycles. The number of piperazine rings is 1. The number of hydrogen-bond acceptors (Lipinski definition) is 7. The average molecular weight is 423 g/mol. The van der Waals surface area contributed by atoms with Crippen LogP contribution in [0.15, 0.2) is 42.7 Å². The quantitative estimate of drug-likeness (QED) is 0.644. The summed E-state index contributed by atoms with van der Waals surface area (Å²) in [4.78, 5) is 32.7. The number of carbonyl (C=O) groups excluding carboxylic acids is 1. The number of carbonyl (C=O) groups is 1. The van der Waals surface area contributed by atoms with Gasteiger partial charge in [0.25, 0.3) is 0 Å². The monoisotopic (exact) mass is 422 g/mol. The number of para-hydroxylation sites is 1. The van der Waals surface area contributed by atoms with Crippen molar-refractivity contribution in [3.8, 4) is 0 Å². The number of amides is 1. The first kappa shape index (κ1) is 19.4. The molecule has 2 aromatic heterocycles. The number of benzene rings is 1. The maximum Gasteiger partial charge on any atom is 0.236 e. The van der Waals surface area contributed by atoms with Crippen molar-refractivity contribution in [2.45, 2.75) is 18.8 Å². The Morgan fingerprint density at radius 3 is 2.43 bits per heavy atom. The molecule has 2 fully saturated rings. The lowest BCUT2D eigenvalue weighted by Gasteiger charge is -2.37. The van der Waals surface area contributed by atoms with Gasteiger partial charge in [-0.15, -0.1) is 11.3 Å². The molecule has 2 aliphatic rings. The Kier molecular flexibility index (Phi) is 5.59. The molecule has 1 aromatic carbocycles. The molecule has 0 saturated carbocycles. The van der Waals surface area contributed by atoms with Crippen LogP contribution in [0.1, 0.15) is 23.8 Å². The Morgan fingerprint density at radius 1 is 0.967 bits per heavy atom. The molecule has 8 heteroatoms. The third-order valence-corrected chi connectivity index (χ3v) is 7.27. The second-order valence-electron chi connectivity index (χ2n) is 7.99. The summed E-state index contributed by atoms with van der Waals surface area (Å²) in [7, 11) is 0. The van der Waals surface area contributed by atoms with E-state index >= 15 is 0 Å². The van der Waals surface area contributed by atoms with Crippen LogP contribution in [0.4, 0.5) is 5.95 Å². The van der Waals surface area contributed by atoms with Crippen LogP contribution in [0.5, 0.6) is 0 Å². The minimum absolute atomic E-state index is 0.238. The first-order chi connectivity index (χ1) is 14.8. The van der Waals surface area contributed by atoms with Crippen LogP contribution in [0.3, 0.4) is 0 Å². The molecule has 0 atom stereocenters. The van der Waals surface area contributed by atoms with Gasteiger partial charge < -0.3 is 9.80 Å². The Bertz CT molecular complexity index is 960. The van der Waals surface area contributed by atoms with Crippen LogP contribution in [0.25, 0.3) is 10.2 Å². The third kappa shape index (κ3) is 4.15. The Morgan fingerprint density at radius 2 is 1.70 bits per heavy atom. The number of likely N-dealkylation sites (tertiary alicyclic amines) is 1. The number of nitrogens with zero attached hydrogens (tertiary/aromatic N) is 6. The van der Waals surface area contributed by atoms with Gasteiger partial charge >= 0.3 is 0 Å². The number of aromatic nitrogens is 3. The normalized spacial score (nSPS) is 18.8. The molecule has 0 aliphatic carbocycles. The highest BCUT2D eigenvalue weighted by Crippen LogP contribution is 2.33. The van der Waals surface area contributed by atoms with E-state index in [2.05, 4.69) is 38.0 Å². The molecule has 1 amide bonds. The molecule has 4 heterocycles. The fourth-order valence-electron chi connectivity index (χ4n) is 4.30. The zero-order chi connectivity index (χ0) is 20.3. The number of hydrogen-bond donors (Lipinski definition) is 0. The van der Waals surface area contributed by atoms with Crippen molar-refractivity contribution < 1.29 is 4.79 Å². The van der Waals surface area contributed by atoms with Crippen molar-refractivity contribution in [3.63, 3.8) is 0 Å². The molecule has 0 unspecified atom stereocenters. The molecule has 0 N–H and O–H groups in total. The summed E-state index contributed by atoms with van der Waals surface area (Å²) in [6, 6.07) is 10.2. The van der Waals surface area contributed by atoms with Gasteiger partial charge in [0.2, 0.25) is 11.9 Å². The summed E-state index contributed by atoms with van der Waals surface area (Å²) in [5.74, 6) is 1.51. The zero-order valence-corrected chi connectivity index (χ0v) is 17.8. The van der Waals surface area contributed by atoms with Crippen LogP contribution in [-0.4, -0.2) is 76.5 Å². The molecule has 0 bridgehead atoms. The zero-order valence-electron chi connectivity index (χ0n) is 17.0. The summed E-state index contributed by atoms with van der Waals surface area (Å²) in [5, 5.41) is 1.25. The topological polar surface area (TPSA) is 65.5 Å². The summed E-state index contributed by atoms with van der Waals surface area (Å²) in [6.45, 7) is 5.49. The van der Waals surface area contributed by atoms with Crippen molar-refractivity contribution >= 4 is 33.4 Å². The predicted molar refractivity (Wildman–Crippen MR) is 119 cm³/mol. The van der Waals surface area contributed by atoms with Crippen LogP contribution in [0, 0.1) is 0 Å². The summed E-state index contributed by atoms with van der Waals surface area (Å²) >= 11 is 1.82. The van der Waals surface area contributed by atoms with Crippen LogP contribution in [-0.2, 0) is 4.79 Å². The van der Waals surface area contributed by atoms with Gasteiger partial charge in [-0.3, -0.25) is 9.69 Å². The Balaban J connectivity index is 1.10. The van der Waals surface area contributed by atoms with Crippen molar-refractivity contribution in [1.29, 1.82) is 0 Å². The number of fused-ring (bicyclic) bond motifs is 1. The van der Waals surface area contributed by atoms with E-state index in [1.54, 1.807) is 12.4 Å². The lowest BCUT2D eigenvalue weighted by molar-refractivity contribution is -0.133. The second kappa shape index (κ2) is 8.65. The second-order valence-corrected chi connectivity index (χ2v) is 9.05. The Hall–Kier alpha value is -2.58. The van der Waals surface area contributed by atoms with Crippen LogP contribution < -0.4 is 4.90 Å². The summed E-state index contributed by atoms with van der Waals surface area (Å²) < 4.78 is 1.27. The van der Waals surface area contributed by atoms with Crippen LogP contribution in [0.2, 0.25) is 0 Å². The minimum atomic E-state index is 0.238. The molecule has 7 nitrogen and oxygen atoms in total. The molecular formula is C22H26N6OS. The number of anilines is 1. The lowest BCUT2D eigenvalue weighted by Crippen LogP contribution is -2.52. The minimum Gasteiger partial charge on any atom is -0.338 e. The van der Waals surface area contributed by atoms with Crippen molar-refractivity contribution in [2.24, 2.45) is 0 Å². The number of piperidine rings is 1. The van der Waals surface area contributed by atoms with E-state index < -0.39 is 0 Å². The molecule has 3 aromatic rings. The lowest BCUT2D eigenvalue weighted by atomic mass is 9.97. The maximum atomic E-state index is 12.8. The summed E-state index contributed by atoms with van der Waals surface area (Å²) in [6.07, 6.45) is 5.67. The Labute approximate surface area is 180 Å². The van der Waals surface area contributed by atoms with Gasteiger partial charge in [-0.2, -0.15) is 0 Å². The maximum absolute atomic E-state index is 12.8. The van der Waals surface area contributed by atoms with Crippen molar-refractivity contribution in [1.82, 2.24) is 24.8 Å². The van der Waals surface area contributed by atoms with Gasteiger partial charge in [-0.05, 0) is 44.1 Å². The fraction of sp³-hybridized carbons (Fsp3) is 0.455. The van der Waals surface area contributed by atoms with Crippen LogP contribution >= 0.6 is 11.3 Å². The van der Waals surface area contributed by atoms with E-state index in [4.69, 9.17) is 4.98 Å². The van der Waals surface area contributed by atoms with E-state index in [0.29, 0.717) is 12.5 Å². The summed E-state index contributed by atoms with van der Waals surface area (Å²) in [5.41, 5.74) is 1.11. The van der Waals surface area contributed by atoms with Gasteiger partial charge in [0.1, 0.15) is 0 Å². The van der Waals surface area contributed by atoms with Crippen molar-refractivity contribution in [3.05, 3.63) is 47.7 Å². The molecule has 156 valence electrons. The largest absolute Gasteiger partial charge is 0.338 e. The molecule has 0 radical (unpaired) electrons. The molecular weight excluding hydrogens is 396 g/mol. The number of thiazole rings is 1. The highest BCUT2D eigenvalue weighted by atomic mass is 32.1. The molecule has 30 heavy (non-hydrogen) atoms. The number of rotatable bonds is 4. The first-order valence-electron chi connectivity index (χ1n) is 10.6. The molecule has 5 rings (SSSR count). The predicted octanol–water partition coefficient (Wildman–Crippen LogP) is 2.61. The van der Waals surface area contributed by atoms with Gasteiger partial charge in [0.15, 0.2) is 0 Å². The van der Waals surface area contributed by atoms with Gasteiger partial charge in [0, 0.05) is 44.5 Å². The molecule has 0 spiro atoms. The molecule has 2 aliphatic heterocycles. The van der Waals surface area contributed by atoms with Gasteiger partial charge in [-0.25, -0.2) is 15.0 Å². The highest BCUT2D eigenvalue weighted by molar-refractivity contribution is 7.18. The van der Waals surface area contributed by atoms with E-state index in [9.17, 15) is 4.79 Å². The standard InChI is InChI=1S/C22H26N6OS/c29-20(27-12-14-28(15-13-27)22-23-8-3-9-24-22)16-26-10-6-17(7-11-26)21-25-18-4-1-2-5-19(18)30-21/h1-5,8-9,17H,6-7,10-16H2. The van der Waals surface area contributed by atoms with Crippen molar-refractivity contribution in [2.75, 3.05) is 50.7 Å². The van der Waals surface area contributed by atoms with E-state index in [0.717, 1.165) is 63.6 Å². The van der Waals surface area contributed by atoms with E-state index in [1.165, 1.54) is 9.71 Å². The average Bonchev–Trinajstić information content (AvgIpc) is 3.25. The SMILES string of the molecule is O=C(CN1CCC(c2nc3ccccc3s2)CC1)N1CCN(c2ncccn2)CC1. The first-order valence-corrected chi connectivity index (χ1v) is 11.5. The van der Waals surface area contributed by atoms with E-state index in [-0.39, 0.29) is 5.91 Å². The third-order valence-electron chi connectivity index (χ3n) is 6.07.